The summed E-state index contributed by atoms with van der Waals surface area (Å²) in [6.45, 7) is 4.99. The van der Waals surface area contributed by atoms with Gasteiger partial charge in [-0.25, -0.2) is 0 Å². The van der Waals surface area contributed by atoms with Crippen LogP contribution in [0, 0.1) is 0 Å². The normalized spacial score (nSPS) is 18.1. The summed E-state index contributed by atoms with van der Waals surface area (Å²) in [6.07, 6.45) is 2.76. The highest BCUT2D eigenvalue weighted by Gasteiger charge is 2.44. The molecule has 2 nitrogen and oxygen atoms in total. The zero-order chi connectivity index (χ0) is 10.9. The third-order valence-electron chi connectivity index (χ3n) is 3.05. The summed E-state index contributed by atoms with van der Waals surface area (Å²) in [7, 11) is 0. The number of rotatable bonds is 4. The Morgan fingerprint density at radius 2 is 2.13 bits per heavy atom. The van der Waals surface area contributed by atoms with Crippen molar-refractivity contribution in [2.45, 2.75) is 38.2 Å². The summed E-state index contributed by atoms with van der Waals surface area (Å²) in [5, 5.41) is 0. The lowest BCUT2D eigenvalue weighted by molar-refractivity contribution is 0.0619. The molecule has 0 spiro atoms. The van der Waals surface area contributed by atoms with Crippen LogP contribution in [0.3, 0.4) is 0 Å². The van der Waals surface area contributed by atoms with Crippen LogP contribution in [0.5, 0.6) is 0 Å². The van der Waals surface area contributed by atoms with Crippen LogP contribution in [0.2, 0.25) is 0 Å². The number of nitrogen functional groups attached to an aromatic ring is 1. The highest BCUT2D eigenvalue weighted by molar-refractivity contribution is 5.45. The molecular formula is C13H19NO. The maximum atomic E-state index is 5.80. The van der Waals surface area contributed by atoms with Gasteiger partial charge in [-0.15, -0.1) is 0 Å². The summed E-state index contributed by atoms with van der Waals surface area (Å²) < 4.78 is 5.72. The van der Waals surface area contributed by atoms with E-state index in [0.717, 1.165) is 12.3 Å². The molecule has 2 rings (SSSR count). The van der Waals surface area contributed by atoms with Gasteiger partial charge in [-0.3, -0.25) is 0 Å². The van der Waals surface area contributed by atoms with Crippen LogP contribution in [0.4, 0.5) is 5.69 Å². The summed E-state index contributed by atoms with van der Waals surface area (Å²) >= 11 is 0. The van der Waals surface area contributed by atoms with E-state index >= 15 is 0 Å². The topological polar surface area (TPSA) is 35.2 Å². The van der Waals surface area contributed by atoms with Crippen LogP contribution in [0.15, 0.2) is 24.3 Å². The highest BCUT2D eigenvalue weighted by atomic mass is 16.5. The minimum atomic E-state index is 0.264. The van der Waals surface area contributed by atoms with E-state index in [-0.39, 0.29) is 5.41 Å². The van der Waals surface area contributed by atoms with Gasteiger partial charge in [0.25, 0.3) is 0 Å². The number of benzene rings is 1. The van der Waals surface area contributed by atoms with E-state index in [0.29, 0.717) is 6.10 Å². The molecule has 2 N–H and O–H groups in total. The number of hydrogen-bond acceptors (Lipinski definition) is 2. The van der Waals surface area contributed by atoms with Crippen LogP contribution >= 0.6 is 0 Å². The molecule has 0 amide bonds. The number of ether oxygens (including phenoxy) is 1. The van der Waals surface area contributed by atoms with Crippen LogP contribution < -0.4 is 5.73 Å². The lowest BCUT2D eigenvalue weighted by Gasteiger charge is -2.18. The Hall–Kier alpha value is -1.02. The Bertz CT molecular complexity index is 342. The Balaban J connectivity index is 2.09. The van der Waals surface area contributed by atoms with Crippen molar-refractivity contribution in [1.29, 1.82) is 0 Å². The molecule has 1 saturated carbocycles. The molecule has 0 atom stereocenters. The van der Waals surface area contributed by atoms with E-state index < -0.39 is 0 Å². The van der Waals surface area contributed by atoms with Crippen LogP contribution in [-0.4, -0.2) is 12.7 Å². The summed E-state index contributed by atoms with van der Waals surface area (Å²) in [5.74, 6) is 0. The Morgan fingerprint density at radius 1 is 1.40 bits per heavy atom. The van der Waals surface area contributed by atoms with Gasteiger partial charge in [0.2, 0.25) is 0 Å². The standard InChI is InChI=1S/C13H19NO/c1-10(2)15-9-13(6-7-13)11-4-3-5-12(14)8-11/h3-5,8,10H,6-7,9,14H2,1-2H3. The lowest BCUT2D eigenvalue weighted by Crippen LogP contribution is -2.18. The van der Waals surface area contributed by atoms with Crippen LogP contribution in [0.1, 0.15) is 32.3 Å². The predicted octanol–water partition coefficient (Wildman–Crippen LogP) is 2.73. The summed E-state index contributed by atoms with van der Waals surface area (Å²) in [5.41, 5.74) is 8.25. The van der Waals surface area contributed by atoms with Gasteiger partial charge in [0.05, 0.1) is 12.7 Å². The van der Waals surface area contributed by atoms with E-state index in [1.165, 1.54) is 18.4 Å². The molecular weight excluding hydrogens is 186 g/mol. The van der Waals surface area contributed by atoms with Crippen LogP contribution in [-0.2, 0) is 10.2 Å². The fraction of sp³-hybridized carbons (Fsp3) is 0.538. The van der Waals surface area contributed by atoms with Crippen molar-refractivity contribution < 1.29 is 4.74 Å². The second-order valence-corrected chi connectivity index (χ2v) is 4.77. The molecule has 1 aliphatic carbocycles. The average Bonchev–Trinajstić information content (AvgIpc) is 2.96. The Kier molecular flexibility index (Phi) is 2.70. The van der Waals surface area contributed by atoms with Crippen molar-refractivity contribution in [3.05, 3.63) is 29.8 Å². The van der Waals surface area contributed by atoms with Gasteiger partial charge in [-0.1, -0.05) is 12.1 Å². The predicted molar refractivity (Wildman–Crippen MR) is 62.9 cm³/mol. The second-order valence-electron chi connectivity index (χ2n) is 4.77. The molecule has 1 aromatic rings. The fourth-order valence-corrected chi connectivity index (χ4v) is 1.86. The first-order chi connectivity index (χ1) is 7.12. The number of hydrogen-bond donors (Lipinski definition) is 1. The Morgan fingerprint density at radius 3 is 2.67 bits per heavy atom. The molecule has 1 aliphatic rings. The molecule has 0 radical (unpaired) electrons. The van der Waals surface area contributed by atoms with E-state index in [1.54, 1.807) is 0 Å². The summed E-state index contributed by atoms with van der Waals surface area (Å²) in [6, 6.07) is 8.20. The quantitative estimate of drug-likeness (QED) is 0.767. The van der Waals surface area contributed by atoms with E-state index in [1.807, 2.05) is 12.1 Å². The zero-order valence-electron chi connectivity index (χ0n) is 9.49. The van der Waals surface area contributed by atoms with Gasteiger partial charge in [0.15, 0.2) is 0 Å². The first-order valence-electron chi connectivity index (χ1n) is 5.60. The van der Waals surface area contributed by atoms with Crippen molar-refractivity contribution in [2.75, 3.05) is 12.3 Å². The number of anilines is 1. The van der Waals surface area contributed by atoms with Gasteiger partial charge in [0.1, 0.15) is 0 Å². The third-order valence-corrected chi connectivity index (χ3v) is 3.05. The fourth-order valence-electron chi connectivity index (χ4n) is 1.86. The van der Waals surface area contributed by atoms with Crippen LogP contribution in [0.25, 0.3) is 0 Å². The molecule has 0 aromatic heterocycles. The van der Waals surface area contributed by atoms with Crippen molar-refractivity contribution in [3.63, 3.8) is 0 Å². The van der Waals surface area contributed by atoms with Gasteiger partial charge < -0.3 is 10.5 Å². The lowest BCUT2D eigenvalue weighted by atomic mass is 9.96. The maximum absolute atomic E-state index is 5.80. The van der Waals surface area contributed by atoms with Gasteiger partial charge >= 0.3 is 0 Å². The van der Waals surface area contributed by atoms with E-state index in [4.69, 9.17) is 10.5 Å². The highest BCUT2D eigenvalue weighted by Crippen LogP contribution is 2.48. The molecule has 0 bridgehead atoms. The van der Waals surface area contributed by atoms with Gasteiger partial charge in [-0.05, 0) is 44.4 Å². The molecule has 0 unspecified atom stereocenters. The average molecular weight is 205 g/mol. The molecule has 0 aliphatic heterocycles. The molecule has 82 valence electrons. The SMILES string of the molecule is CC(C)OCC1(c2cccc(N)c2)CC1. The van der Waals surface area contributed by atoms with Gasteiger partial charge in [0, 0.05) is 11.1 Å². The molecule has 15 heavy (non-hydrogen) atoms. The van der Waals surface area contributed by atoms with Crippen molar-refractivity contribution >= 4 is 5.69 Å². The molecule has 1 fully saturated rings. The first kappa shape index (κ1) is 10.5. The van der Waals surface area contributed by atoms with Crippen molar-refractivity contribution in [3.8, 4) is 0 Å². The van der Waals surface area contributed by atoms with Crippen molar-refractivity contribution in [2.24, 2.45) is 0 Å². The summed E-state index contributed by atoms with van der Waals surface area (Å²) in [4.78, 5) is 0. The largest absolute Gasteiger partial charge is 0.399 e. The maximum Gasteiger partial charge on any atom is 0.0566 e. The minimum Gasteiger partial charge on any atom is -0.399 e. The molecule has 0 saturated heterocycles. The third kappa shape index (κ3) is 2.32. The second kappa shape index (κ2) is 3.86. The molecule has 1 aromatic carbocycles. The number of nitrogens with two attached hydrogens (primary N) is 1. The zero-order valence-corrected chi connectivity index (χ0v) is 9.49. The molecule has 2 heteroatoms. The van der Waals surface area contributed by atoms with E-state index in [9.17, 15) is 0 Å². The smallest absolute Gasteiger partial charge is 0.0566 e. The first-order valence-corrected chi connectivity index (χ1v) is 5.60. The Labute approximate surface area is 91.4 Å². The van der Waals surface area contributed by atoms with E-state index in [2.05, 4.69) is 26.0 Å². The minimum absolute atomic E-state index is 0.264. The monoisotopic (exact) mass is 205 g/mol. The van der Waals surface area contributed by atoms with Gasteiger partial charge in [-0.2, -0.15) is 0 Å². The molecule has 0 heterocycles. The van der Waals surface area contributed by atoms with Crippen molar-refractivity contribution in [1.82, 2.24) is 0 Å².